The summed E-state index contributed by atoms with van der Waals surface area (Å²) in [5, 5.41) is 17.4. The largest absolute Gasteiger partial charge is 0.497 e. The highest BCUT2D eigenvalue weighted by atomic mass is 32.2. The molecule has 1 aliphatic rings. The molecular formula is C31H39N3O5SSi. The van der Waals surface area contributed by atoms with Crippen LogP contribution in [0.4, 0.5) is 0 Å². The zero-order valence-electron chi connectivity index (χ0n) is 24.2. The van der Waals surface area contributed by atoms with E-state index in [1.165, 1.54) is 11.8 Å². The van der Waals surface area contributed by atoms with Crippen LogP contribution in [0.25, 0.3) is 10.4 Å². The summed E-state index contributed by atoms with van der Waals surface area (Å²) in [5.74, 6) is 0.748. The minimum atomic E-state index is -2.87. The highest BCUT2D eigenvalue weighted by Gasteiger charge is 2.52. The standard InChI is InChI=1S/C31H39N3O5SSi/c1-31(2,3)41(24-12-8-6-9-13-24,25-14-10-7-11-15-25)38-21-26-29(28(35)27(33-34-32)30(39-26)40-5)37-20-22-16-18-23(36-4)19-17-22/h6-19,26-30,35H,20-21H2,1-5H3/t26?,27?,28-,29+,30+/m1/s1. The summed E-state index contributed by atoms with van der Waals surface area (Å²) in [7, 11) is -1.25. The van der Waals surface area contributed by atoms with Crippen molar-refractivity contribution in [3.05, 3.63) is 101 Å². The SMILES string of the molecule is COc1ccc(CO[C@H]2C(CO[Si](c3ccccc3)(c3ccccc3)C(C)(C)C)O[C@@H](SC)C(N=[N+]=[N-])[C@H]2O)cc1. The molecule has 1 fully saturated rings. The Labute approximate surface area is 247 Å². The molecule has 1 N–H and O–H groups in total. The topological polar surface area (TPSA) is 106 Å². The molecule has 0 amide bonds. The fourth-order valence-corrected chi connectivity index (χ4v) is 10.8. The molecular weight excluding hydrogens is 555 g/mol. The first kappa shape index (κ1) is 31.1. The second-order valence-electron chi connectivity index (χ2n) is 11.1. The monoisotopic (exact) mass is 593 g/mol. The van der Waals surface area contributed by atoms with Crippen LogP contribution in [0.3, 0.4) is 0 Å². The van der Waals surface area contributed by atoms with Gasteiger partial charge in [0.15, 0.2) is 0 Å². The minimum absolute atomic E-state index is 0.192. The third kappa shape index (κ3) is 6.81. The number of thioether (sulfide) groups is 1. The molecule has 0 aromatic heterocycles. The predicted molar refractivity (Wildman–Crippen MR) is 166 cm³/mol. The molecule has 1 saturated heterocycles. The Hall–Kier alpha value is -2.82. The summed E-state index contributed by atoms with van der Waals surface area (Å²) in [6, 6.07) is 27.5. The smallest absolute Gasteiger partial charge is 0.261 e. The van der Waals surface area contributed by atoms with E-state index in [2.05, 4.69) is 55.1 Å². The fraction of sp³-hybridized carbons (Fsp3) is 0.419. The van der Waals surface area contributed by atoms with Crippen LogP contribution >= 0.6 is 11.8 Å². The zero-order valence-corrected chi connectivity index (χ0v) is 26.0. The molecule has 41 heavy (non-hydrogen) atoms. The molecule has 218 valence electrons. The van der Waals surface area contributed by atoms with Crippen LogP contribution in [-0.4, -0.2) is 63.2 Å². The Bertz CT molecular complexity index is 1250. The molecule has 3 aromatic rings. The number of aliphatic hydroxyl groups excluding tert-OH is 1. The Balaban J connectivity index is 1.69. The highest BCUT2D eigenvalue weighted by molar-refractivity contribution is 7.99. The van der Waals surface area contributed by atoms with Gasteiger partial charge in [0, 0.05) is 4.91 Å². The van der Waals surface area contributed by atoms with E-state index in [0.717, 1.165) is 21.7 Å². The number of nitrogens with zero attached hydrogens (tertiary/aromatic N) is 3. The van der Waals surface area contributed by atoms with Gasteiger partial charge in [-0.2, -0.15) is 0 Å². The van der Waals surface area contributed by atoms with E-state index in [4.69, 9.17) is 18.6 Å². The van der Waals surface area contributed by atoms with Crippen molar-refractivity contribution in [3.8, 4) is 5.75 Å². The number of benzene rings is 3. The van der Waals surface area contributed by atoms with Crippen LogP contribution in [0, 0.1) is 0 Å². The summed E-state index contributed by atoms with van der Waals surface area (Å²) >= 11 is 1.39. The van der Waals surface area contributed by atoms with Crippen molar-refractivity contribution in [2.45, 2.75) is 62.2 Å². The van der Waals surface area contributed by atoms with Gasteiger partial charge in [-0.25, -0.2) is 0 Å². The van der Waals surface area contributed by atoms with Gasteiger partial charge < -0.3 is 23.7 Å². The number of ether oxygens (including phenoxy) is 3. The normalized spacial score (nSPS) is 23.0. The Morgan fingerprint density at radius 3 is 2.05 bits per heavy atom. The van der Waals surface area contributed by atoms with Crippen molar-refractivity contribution in [3.63, 3.8) is 0 Å². The lowest BCUT2D eigenvalue weighted by atomic mass is 9.98. The highest BCUT2D eigenvalue weighted by Crippen LogP contribution is 2.38. The molecule has 0 saturated carbocycles. The van der Waals surface area contributed by atoms with Gasteiger partial charge in [-0.3, -0.25) is 0 Å². The summed E-state index contributed by atoms with van der Waals surface area (Å²) in [4.78, 5) is 2.98. The third-order valence-corrected chi connectivity index (χ3v) is 13.4. The fourth-order valence-electron chi connectivity index (χ4n) is 5.51. The molecule has 10 heteroatoms. The molecule has 1 heterocycles. The summed E-state index contributed by atoms with van der Waals surface area (Å²) in [6.45, 7) is 7.08. The van der Waals surface area contributed by atoms with Crippen LogP contribution in [0.5, 0.6) is 5.75 Å². The van der Waals surface area contributed by atoms with Crippen molar-refractivity contribution in [1.29, 1.82) is 0 Å². The van der Waals surface area contributed by atoms with Gasteiger partial charge in [0.2, 0.25) is 0 Å². The summed E-state index contributed by atoms with van der Waals surface area (Å²) in [6.07, 6.45) is -0.597. The van der Waals surface area contributed by atoms with E-state index in [0.29, 0.717) is 0 Å². The van der Waals surface area contributed by atoms with Crippen molar-refractivity contribution in [2.75, 3.05) is 20.0 Å². The van der Waals surface area contributed by atoms with Crippen molar-refractivity contribution >= 4 is 30.5 Å². The van der Waals surface area contributed by atoms with E-state index in [1.807, 2.05) is 66.9 Å². The van der Waals surface area contributed by atoms with Gasteiger partial charge in [-0.15, -0.1) is 11.8 Å². The van der Waals surface area contributed by atoms with E-state index >= 15 is 0 Å². The van der Waals surface area contributed by atoms with Crippen molar-refractivity contribution in [2.24, 2.45) is 5.11 Å². The Kier molecular flexibility index (Phi) is 10.5. The number of rotatable bonds is 11. The maximum absolute atomic E-state index is 11.5. The number of azide groups is 1. The van der Waals surface area contributed by atoms with Gasteiger partial charge >= 0.3 is 0 Å². The average Bonchev–Trinajstić information content (AvgIpc) is 2.99. The minimum Gasteiger partial charge on any atom is -0.497 e. The molecule has 2 unspecified atom stereocenters. The van der Waals surface area contributed by atoms with Crippen LogP contribution in [0.1, 0.15) is 26.3 Å². The molecule has 5 atom stereocenters. The Morgan fingerprint density at radius 1 is 0.976 bits per heavy atom. The van der Waals surface area contributed by atoms with Gasteiger partial charge in [0.1, 0.15) is 29.4 Å². The first-order valence-corrected chi connectivity index (χ1v) is 16.8. The number of hydrogen-bond donors (Lipinski definition) is 1. The lowest BCUT2D eigenvalue weighted by Gasteiger charge is -2.46. The number of aliphatic hydroxyl groups is 1. The summed E-state index contributed by atoms with van der Waals surface area (Å²) in [5.41, 5.74) is 9.59. The van der Waals surface area contributed by atoms with E-state index < -0.39 is 38.1 Å². The quantitative estimate of drug-likeness (QED) is 0.140. The molecule has 1 aliphatic heterocycles. The first-order chi connectivity index (χ1) is 19.7. The van der Waals surface area contributed by atoms with E-state index in [1.54, 1.807) is 7.11 Å². The predicted octanol–water partition coefficient (Wildman–Crippen LogP) is 5.28. The molecule has 0 spiro atoms. The average molecular weight is 594 g/mol. The van der Waals surface area contributed by atoms with Gasteiger partial charge in [-0.1, -0.05) is 98.7 Å². The molecule has 4 rings (SSSR count). The van der Waals surface area contributed by atoms with E-state index in [9.17, 15) is 10.6 Å². The zero-order chi connectivity index (χ0) is 29.5. The summed E-state index contributed by atoms with van der Waals surface area (Å²) < 4.78 is 25.2. The third-order valence-electron chi connectivity index (χ3n) is 7.54. The van der Waals surface area contributed by atoms with Crippen LogP contribution in [0.15, 0.2) is 90.0 Å². The number of hydrogen-bond acceptors (Lipinski definition) is 7. The van der Waals surface area contributed by atoms with Crippen LogP contribution in [0.2, 0.25) is 5.04 Å². The second-order valence-corrected chi connectivity index (χ2v) is 16.3. The van der Waals surface area contributed by atoms with Crippen LogP contribution < -0.4 is 15.1 Å². The molecule has 8 nitrogen and oxygen atoms in total. The van der Waals surface area contributed by atoms with Gasteiger partial charge in [-0.05, 0) is 44.9 Å². The van der Waals surface area contributed by atoms with Gasteiger partial charge in [0.05, 0.1) is 26.4 Å². The first-order valence-electron chi connectivity index (χ1n) is 13.6. The maximum Gasteiger partial charge on any atom is 0.261 e. The van der Waals surface area contributed by atoms with Gasteiger partial charge in [0.25, 0.3) is 8.32 Å². The molecule has 3 aromatic carbocycles. The number of methoxy groups -OCH3 is 1. The molecule has 0 radical (unpaired) electrons. The maximum atomic E-state index is 11.5. The lowest BCUT2D eigenvalue weighted by Crippen LogP contribution is -2.68. The van der Waals surface area contributed by atoms with Crippen molar-refractivity contribution in [1.82, 2.24) is 0 Å². The van der Waals surface area contributed by atoms with Crippen molar-refractivity contribution < 1.29 is 23.7 Å². The van der Waals surface area contributed by atoms with E-state index in [-0.39, 0.29) is 18.3 Å². The second kappa shape index (κ2) is 13.9. The molecule has 0 aliphatic carbocycles. The lowest BCUT2D eigenvalue weighted by molar-refractivity contribution is -0.188. The van der Waals surface area contributed by atoms with Crippen LogP contribution in [-0.2, 0) is 20.5 Å². The Morgan fingerprint density at radius 2 is 1.56 bits per heavy atom. The molecule has 0 bridgehead atoms.